The lowest BCUT2D eigenvalue weighted by Gasteiger charge is -2.23. The number of nitrogens with two attached hydrogens (primary N) is 1. The lowest BCUT2D eigenvalue weighted by atomic mass is 10.0. The standard InChI is InChI=1S/C12H16N4O.ClH/c13-12(9-17)3-6-16(8-12)11-10-2-1-5-15(10)7-4-14-11;/h1-2,4-5,7,17H,3,6,8-9,13H2;1H. The van der Waals surface area contributed by atoms with E-state index >= 15 is 0 Å². The van der Waals surface area contributed by atoms with Gasteiger partial charge in [0.2, 0.25) is 0 Å². The summed E-state index contributed by atoms with van der Waals surface area (Å²) in [6, 6.07) is 4.04. The lowest BCUT2D eigenvalue weighted by Crippen LogP contribution is -2.46. The SMILES string of the molecule is Cl.NC1(CO)CCN(c2nccn3cccc23)C1. The van der Waals surface area contributed by atoms with Crippen LogP contribution >= 0.6 is 12.4 Å². The summed E-state index contributed by atoms with van der Waals surface area (Å²) in [6.07, 6.45) is 6.51. The van der Waals surface area contributed by atoms with E-state index < -0.39 is 5.54 Å². The van der Waals surface area contributed by atoms with Crippen LogP contribution in [0.25, 0.3) is 5.52 Å². The van der Waals surface area contributed by atoms with Gasteiger partial charge in [0.25, 0.3) is 0 Å². The van der Waals surface area contributed by atoms with E-state index in [1.54, 1.807) is 6.20 Å². The van der Waals surface area contributed by atoms with Crippen molar-refractivity contribution in [3.63, 3.8) is 0 Å². The molecule has 6 heteroatoms. The van der Waals surface area contributed by atoms with Crippen molar-refractivity contribution in [1.82, 2.24) is 9.38 Å². The minimum absolute atomic E-state index is 0. The third kappa shape index (κ3) is 2.05. The largest absolute Gasteiger partial charge is 0.394 e. The van der Waals surface area contributed by atoms with Crippen molar-refractivity contribution in [1.29, 1.82) is 0 Å². The van der Waals surface area contributed by atoms with Crippen LogP contribution in [-0.4, -0.2) is 39.7 Å². The molecule has 0 spiro atoms. The normalized spacial score (nSPS) is 23.3. The number of hydrogen-bond acceptors (Lipinski definition) is 4. The van der Waals surface area contributed by atoms with E-state index in [4.69, 9.17) is 5.73 Å². The molecule has 98 valence electrons. The number of rotatable bonds is 2. The zero-order valence-electron chi connectivity index (χ0n) is 9.99. The Hall–Kier alpha value is -1.30. The first-order valence-electron chi connectivity index (χ1n) is 5.78. The molecule has 1 aliphatic rings. The molecule has 3 rings (SSSR count). The monoisotopic (exact) mass is 268 g/mol. The van der Waals surface area contributed by atoms with Gasteiger partial charge in [-0.15, -0.1) is 12.4 Å². The fourth-order valence-corrected chi connectivity index (χ4v) is 2.40. The van der Waals surface area contributed by atoms with Crippen molar-refractivity contribution < 1.29 is 5.11 Å². The predicted molar refractivity (Wildman–Crippen MR) is 73.3 cm³/mol. The molecule has 5 nitrogen and oxygen atoms in total. The first kappa shape index (κ1) is 13.1. The Morgan fingerprint density at radius 2 is 2.28 bits per heavy atom. The second-order valence-electron chi connectivity index (χ2n) is 4.74. The highest BCUT2D eigenvalue weighted by atomic mass is 35.5. The van der Waals surface area contributed by atoms with Crippen molar-refractivity contribution in [2.45, 2.75) is 12.0 Å². The molecule has 0 radical (unpaired) electrons. The van der Waals surface area contributed by atoms with Crippen LogP contribution in [0.3, 0.4) is 0 Å². The Kier molecular flexibility index (Phi) is 3.47. The second kappa shape index (κ2) is 4.76. The van der Waals surface area contributed by atoms with Crippen molar-refractivity contribution in [3.05, 3.63) is 30.7 Å². The quantitative estimate of drug-likeness (QED) is 0.840. The molecule has 1 fully saturated rings. The molecule has 1 unspecified atom stereocenters. The molecule has 1 aliphatic heterocycles. The van der Waals surface area contributed by atoms with E-state index in [0.29, 0.717) is 6.54 Å². The Labute approximate surface area is 112 Å². The van der Waals surface area contributed by atoms with E-state index in [9.17, 15) is 5.11 Å². The minimum atomic E-state index is -0.485. The van der Waals surface area contributed by atoms with E-state index in [1.807, 2.05) is 28.9 Å². The predicted octanol–water partition coefficient (Wildman–Crippen LogP) is 0.656. The minimum Gasteiger partial charge on any atom is -0.394 e. The highest BCUT2D eigenvalue weighted by Gasteiger charge is 2.34. The van der Waals surface area contributed by atoms with Crippen LogP contribution in [0.2, 0.25) is 0 Å². The second-order valence-corrected chi connectivity index (χ2v) is 4.74. The van der Waals surface area contributed by atoms with Gasteiger partial charge in [-0.25, -0.2) is 4.98 Å². The van der Waals surface area contributed by atoms with Crippen LogP contribution in [0.15, 0.2) is 30.7 Å². The molecule has 2 aromatic rings. The van der Waals surface area contributed by atoms with Gasteiger partial charge in [-0.05, 0) is 18.6 Å². The highest BCUT2D eigenvalue weighted by molar-refractivity contribution is 5.85. The zero-order chi connectivity index (χ0) is 11.9. The fourth-order valence-electron chi connectivity index (χ4n) is 2.40. The van der Waals surface area contributed by atoms with Gasteiger partial charge < -0.3 is 20.1 Å². The van der Waals surface area contributed by atoms with Crippen LogP contribution in [0.1, 0.15) is 6.42 Å². The molecule has 0 aliphatic carbocycles. The van der Waals surface area contributed by atoms with Crippen LogP contribution in [0.4, 0.5) is 5.82 Å². The van der Waals surface area contributed by atoms with E-state index in [-0.39, 0.29) is 19.0 Å². The summed E-state index contributed by atoms with van der Waals surface area (Å²) in [5.41, 5.74) is 6.67. The van der Waals surface area contributed by atoms with Crippen molar-refractivity contribution in [3.8, 4) is 0 Å². The smallest absolute Gasteiger partial charge is 0.152 e. The van der Waals surface area contributed by atoms with E-state index in [2.05, 4.69) is 9.88 Å². The maximum Gasteiger partial charge on any atom is 0.152 e. The molecule has 18 heavy (non-hydrogen) atoms. The third-order valence-corrected chi connectivity index (χ3v) is 3.43. The molecule has 1 saturated heterocycles. The molecule has 0 bridgehead atoms. The maximum atomic E-state index is 9.29. The van der Waals surface area contributed by atoms with Gasteiger partial charge in [0.05, 0.1) is 17.7 Å². The summed E-state index contributed by atoms with van der Waals surface area (Å²) in [5.74, 6) is 0.943. The zero-order valence-corrected chi connectivity index (χ0v) is 10.8. The fraction of sp³-hybridized carbons (Fsp3) is 0.417. The van der Waals surface area contributed by atoms with Crippen LogP contribution in [0.5, 0.6) is 0 Å². The number of halogens is 1. The van der Waals surface area contributed by atoms with Gasteiger partial charge in [0.15, 0.2) is 5.82 Å². The van der Waals surface area contributed by atoms with Crippen molar-refractivity contribution in [2.24, 2.45) is 5.73 Å². The summed E-state index contributed by atoms with van der Waals surface area (Å²) in [7, 11) is 0. The first-order valence-corrected chi connectivity index (χ1v) is 5.78. The van der Waals surface area contributed by atoms with Gasteiger partial charge in [-0.3, -0.25) is 0 Å². The van der Waals surface area contributed by atoms with E-state index in [1.165, 1.54) is 0 Å². The number of aromatic nitrogens is 2. The molecule has 3 heterocycles. The topological polar surface area (TPSA) is 66.8 Å². The average molecular weight is 269 g/mol. The molecule has 1 atom stereocenters. The number of nitrogens with zero attached hydrogens (tertiary/aromatic N) is 3. The van der Waals surface area contributed by atoms with E-state index in [0.717, 1.165) is 24.3 Å². The van der Waals surface area contributed by atoms with Gasteiger partial charge in [-0.2, -0.15) is 0 Å². The Balaban J connectivity index is 0.00000120. The lowest BCUT2D eigenvalue weighted by molar-refractivity contribution is 0.210. The van der Waals surface area contributed by atoms with Gasteiger partial charge in [0.1, 0.15) is 0 Å². The summed E-state index contributed by atoms with van der Waals surface area (Å²) >= 11 is 0. The molecule has 3 N–H and O–H groups in total. The summed E-state index contributed by atoms with van der Waals surface area (Å²) < 4.78 is 2.04. The first-order chi connectivity index (χ1) is 8.22. The third-order valence-electron chi connectivity index (χ3n) is 3.43. The number of fused-ring (bicyclic) bond motifs is 1. The summed E-state index contributed by atoms with van der Waals surface area (Å²) in [4.78, 5) is 6.57. The molecule has 0 saturated carbocycles. The van der Waals surface area contributed by atoms with Gasteiger partial charge >= 0.3 is 0 Å². The maximum absolute atomic E-state index is 9.29. The number of hydrogen-bond donors (Lipinski definition) is 2. The Bertz CT molecular complexity index is 544. The van der Waals surface area contributed by atoms with Crippen molar-refractivity contribution >= 4 is 23.7 Å². The van der Waals surface area contributed by atoms with Crippen LogP contribution in [-0.2, 0) is 0 Å². The van der Waals surface area contributed by atoms with Crippen molar-refractivity contribution in [2.75, 3.05) is 24.6 Å². The number of aliphatic hydroxyl groups excluding tert-OH is 1. The Morgan fingerprint density at radius 3 is 3.00 bits per heavy atom. The summed E-state index contributed by atoms with van der Waals surface area (Å²) in [5, 5.41) is 9.29. The highest BCUT2D eigenvalue weighted by Crippen LogP contribution is 2.26. The molecule has 2 aromatic heterocycles. The van der Waals surface area contributed by atoms with Gasteiger partial charge in [-0.1, -0.05) is 0 Å². The van der Waals surface area contributed by atoms with Gasteiger partial charge in [0, 0.05) is 31.7 Å². The average Bonchev–Trinajstić information content (AvgIpc) is 2.95. The summed E-state index contributed by atoms with van der Waals surface area (Å²) in [6.45, 7) is 1.52. The molecular formula is C12H17ClN4O. The van der Waals surface area contributed by atoms with Crippen LogP contribution < -0.4 is 10.6 Å². The molecule has 0 aromatic carbocycles. The number of aliphatic hydroxyl groups is 1. The molecule has 0 amide bonds. The Morgan fingerprint density at radius 1 is 1.44 bits per heavy atom. The van der Waals surface area contributed by atoms with Crippen LogP contribution in [0, 0.1) is 0 Å². The molecular weight excluding hydrogens is 252 g/mol. The number of anilines is 1.